The van der Waals surface area contributed by atoms with Crippen molar-refractivity contribution in [2.75, 3.05) is 13.2 Å². The van der Waals surface area contributed by atoms with Gasteiger partial charge in [0.05, 0.1) is 17.8 Å². The summed E-state index contributed by atoms with van der Waals surface area (Å²) >= 11 is 3.66. The Morgan fingerprint density at radius 2 is 1.38 bits per heavy atom. The van der Waals surface area contributed by atoms with E-state index in [1.807, 2.05) is 53.9 Å². The van der Waals surface area contributed by atoms with Crippen molar-refractivity contribution in [1.29, 1.82) is 0 Å². The molecule has 0 aliphatic rings. The van der Waals surface area contributed by atoms with Gasteiger partial charge in [0, 0.05) is 16.2 Å². The number of thioether (sulfide) groups is 2. The predicted octanol–water partition coefficient (Wildman–Crippen LogP) is 6.54. The van der Waals surface area contributed by atoms with E-state index in [1.54, 1.807) is 13.0 Å². The third-order valence-corrected chi connectivity index (χ3v) is 6.68. The molecule has 0 bridgehead atoms. The van der Waals surface area contributed by atoms with Crippen LogP contribution < -0.4 is 4.74 Å². The largest absolute Gasteiger partial charge is 0.493 e. The van der Waals surface area contributed by atoms with Gasteiger partial charge in [-0.05, 0) is 43.3 Å². The van der Waals surface area contributed by atoms with Crippen LogP contribution in [0.1, 0.15) is 23.7 Å². The predicted molar refractivity (Wildman–Crippen MR) is 121 cm³/mol. The highest BCUT2D eigenvalue weighted by molar-refractivity contribution is 8.17. The third-order valence-electron chi connectivity index (χ3n) is 4.01. The zero-order valence-electron chi connectivity index (χ0n) is 16.3. The Balaban J connectivity index is 1.65. The first-order chi connectivity index (χ1) is 14.3. The molecule has 150 valence electrons. The molecule has 0 radical (unpaired) electrons. The van der Waals surface area contributed by atoms with Gasteiger partial charge in [0.15, 0.2) is 0 Å². The lowest BCUT2D eigenvalue weighted by molar-refractivity contribution is 0.0521. The molecule has 0 aliphatic carbocycles. The summed E-state index contributed by atoms with van der Waals surface area (Å²) in [7, 11) is 0. The number of carbonyl (C=O) groups excluding carboxylic acids is 1. The molecule has 0 N–H and O–H groups in total. The van der Waals surface area contributed by atoms with Gasteiger partial charge in [0.1, 0.15) is 11.3 Å². The number of para-hydroxylation sites is 1. The second-order valence-corrected chi connectivity index (χ2v) is 9.00. The summed E-state index contributed by atoms with van der Waals surface area (Å²) < 4.78 is 11.4. The summed E-state index contributed by atoms with van der Waals surface area (Å²) in [6, 6.07) is 28.0. The molecule has 3 aromatic rings. The standard InChI is InChI=1S/C24H24O3S2/c1-2-26-24(25)21-15-9-10-16-22(21)27-18-17-23(28-19-11-5-3-6-12-19)29-20-13-7-4-8-14-20/h3-16,23H,2,17-18H2,1H3. The van der Waals surface area contributed by atoms with Crippen LogP contribution in [0.5, 0.6) is 5.75 Å². The Bertz CT molecular complexity index is 843. The van der Waals surface area contributed by atoms with Gasteiger partial charge < -0.3 is 9.47 Å². The van der Waals surface area contributed by atoms with Gasteiger partial charge in [-0.2, -0.15) is 0 Å². The summed E-state index contributed by atoms with van der Waals surface area (Å²) in [5.74, 6) is 0.219. The van der Waals surface area contributed by atoms with Crippen LogP contribution in [0.4, 0.5) is 0 Å². The van der Waals surface area contributed by atoms with E-state index in [0.717, 1.165) is 6.42 Å². The van der Waals surface area contributed by atoms with Crippen LogP contribution in [0.2, 0.25) is 0 Å². The lowest BCUT2D eigenvalue weighted by Gasteiger charge is -2.17. The van der Waals surface area contributed by atoms with Crippen molar-refractivity contribution in [2.45, 2.75) is 27.7 Å². The average Bonchev–Trinajstić information content (AvgIpc) is 2.75. The van der Waals surface area contributed by atoms with E-state index in [9.17, 15) is 4.79 Å². The number of rotatable bonds is 10. The summed E-state index contributed by atoms with van der Waals surface area (Å²) in [5, 5.41) is 0. The van der Waals surface area contributed by atoms with Gasteiger partial charge in [-0.25, -0.2) is 4.79 Å². The molecule has 0 aliphatic heterocycles. The normalized spacial score (nSPS) is 10.7. The fourth-order valence-corrected chi connectivity index (χ4v) is 5.20. The minimum Gasteiger partial charge on any atom is -0.493 e. The maximum absolute atomic E-state index is 12.1. The van der Waals surface area contributed by atoms with Crippen LogP contribution in [-0.4, -0.2) is 23.8 Å². The van der Waals surface area contributed by atoms with E-state index in [1.165, 1.54) is 9.79 Å². The Labute approximate surface area is 180 Å². The molecule has 3 aromatic carbocycles. The molecule has 3 rings (SSSR count). The lowest BCUT2D eigenvalue weighted by Crippen LogP contribution is -2.10. The van der Waals surface area contributed by atoms with E-state index in [-0.39, 0.29) is 10.6 Å². The smallest absolute Gasteiger partial charge is 0.341 e. The molecule has 0 atom stereocenters. The first-order valence-electron chi connectivity index (χ1n) is 9.58. The molecule has 0 amide bonds. The van der Waals surface area contributed by atoms with Gasteiger partial charge in [-0.15, -0.1) is 23.5 Å². The molecule has 0 fully saturated rings. The fraction of sp³-hybridized carbons (Fsp3) is 0.208. The molecule has 0 heterocycles. The zero-order valence-corrected chi connectivity index (χ0v) is 18.0. The van der Waals surface area contributed by atoms with Crippen LogP contribution in [0.15, 0.2) is 94.7 Å². The number of carbonyl (C=O) groups is 1. The number of hydrogen-bond acceptors (Lipinski definition) is 5. The second kappa shape index (κ2) is 11.6. The highest BCUT2D eigenvalue weighted by atomic mass is 32.2. The van der Waals surface area contributed by atoms with Gasteiger partial charge in [-0.1, -0.05) is 48.5 Å². The monoisotopic (exact) mass is 424 g/mol. The van der Waals surface area contributed by atoms with E-state index >= 15 is 0 Å². The first-order valence-corrected chi connectivity index (χ1v) is 11.3. The molecular weight excluding hydrogens is 400 g/mol. The Hall–Kier alpha value is -2.37. The van der Waals surface area contributed by atoms with Gasteiger partial charge >= 0.3 is 5.97 Å². The minimum absolute atomic E-state index is 0.287. The van der Waals surface area contributed by atoms with Crippen LogP contribution in [-0.2, 0) is 4.74 Å². The number of esters is 1. The molecule has 0 spiro atoms. The van der Waals surface area contributed by atoms with Gasteiger partial charge in [-0.3, -0.25) is 0 Å². The van der Waals surface area contributed by atoms with Crippen molar-refractivity contribution >= 4 is 29.5 Å². The van der Waals surface area contributed by atoms with Crippen LogP contribution in [0.3, 0.4) is 0 Å². The van der Waals surface area contributed by atoms with Crippen molar-refractivity contribution in [3.63, 3.8) is 0 Å². The van der Waals surface area contributed by atoms with Crippen LogP contribution >= 0.6 is 23.5 Å². The molecule has 0 aromatic heterocycles. The third kappa shape index (κ3) is 6.87. The van der Waals surface area contributed by atoms with E-state index in [0.29, 0.717) is 24.5 Å². The summed E-state index contributed by atoms with van der Waals surface area (Å²) in [4.78, 5) is 14.6. The summed E-state index contributed by atoms with van der Waals surface area (Å²) in [6.45, 7) is 2.66. The van der Waals surface area contributed by atoms with Crippen molar-refractivity contribution < 1.29 is 14.3 Å². The Morgan fingerprint density at radius 1 is 0.828 bits per heavy atom. The maximum atomic E-state index is 12.1. The lowest BCUT2D eigenvalue weighted by atomic mass is 10.2. The highest BCUT2D eigenvalue weighted by Gasteiger charge is 2.16. The van der Waals surface area contributed by atoms with Crippen molar-refractivity contribution in [1.82, 2.24) is 0 Å². The number of hydrogen-bond donors (Lipinski definition) is 0. The van der Waals surface area contributed by atoms with E-state index in [2.05, 4.69) is 48.5 Å². The van der Waals surface area contributed by atoms with Crippen molar-refractivity contribution in [2.24, 2.45) is 0 Å². The highest BCUT2D eigenvalue weighted by Crippen LogP contribution is 2.37. The Kier molecular flexibility index (Phi) is 8.53. The Morgan fingerprint density at radius 3 is 1.97 bits per heavy atom. The molecule has 29 heavy (non-hydrogen) atoms. The number of ether oxygens (including phenoxy) is 2. The average molecular weight is 425 g/mol. The topological polar surface area (TPSA) is 35.5 Å². The van der Waals surface area contributed by atoms with Crippen molar-refractivity contribution in [3.8, 4) is 5.75 Å². The zero-order chi connectivity index (χ0) is 20.3. The van der Waals surface area contributed by atoms with Crippen LogP contribution in [0.25, 0.3) is 0 Å². The first kappa shape index (κ1) is 21.3. The number of benzene rings is 3. The molecule has 0 saturated heterocycles. The summed E-state index contributed by atoms with van der Waals surface area (Å²) in [6.07, 6.45) is 0.830. The second-order valence-electron chi connectivity index (χ2n) is 6.15. The van der Waals surface area contributed by atoms with E-state index < -0.39 is 0 Å². The molecule has 3 nitrogen and oxygen atoms in total. The molecule has 0 saturated carbocycles. The maximum Gasteiger partial charge on any atom is 0.341 e. The summed E-state index contributed by atoms with van der Waals surface area (Å²) in [5.41, 5.74) is 0.470. The van der Waals surface area contributed by atoms with Crippen molar-refractivity contribution in [3.05, 3.63) is 90.5 Å². The quantitative estimate of drug-likeness (QED) is 0.210. The van der Waals surface area contributed by atoms with Crippen LogP contribution in [0, 0.1) is 0 Å². The van der Waals surface area contributed by atoms with E-state index in [4.69, 9.17) is 9.47 Å². The molecular formula is C24H24O3S2. The SMILES string of the molecule is CCOC(=O)c1ccccc1OCCC(Sc1ccccc1)Sc1ccccc1. The van der Waals surface area contributed by atoms with Gasteiger partial charge in [0.25, 0.3) is 0 Å². The molecule has 0 unspecified atom stereocenters. The van der Waals surface area contributed by atoms with Gasteiger partial charge in [0.2, 0.25) is 0 Å². The fourth-order valence-electron chi connectivity index (χ4n) is 2.68. The molecule has 5 heteroatoms. The minimum atomic E-state index is -0.350.